The van der Waals surface area contributed by atoms with Gasteiger partial charge in [0.25, 0.3) is 0 Å². The highest BCUT2D eigenvalue weighted by Gasteiger charge is 2.28. The summed E-state index contributed by atoms with van der Waals surface area (Å²) in [6.45, 7) is 6.13. The number of thiophene rings is 1. The highest BCUT2D eigenvalue weighted by Crippen LogP contribution is 2.39. The van der Waals surface area contributed by atoms with E-state index in [9.17, 15) is 14.4 Å². The molecule has 35 heavy (non-hydrogen) atoms. The molecule has 1 aliphatic rings. The van der Waals surface area contributed by atoms with E-state index in [2.05, 4.69) is 17.6 Å². The maximum absolute atomic E-state index is 13.3. The third-order valence-electron chi connectivity index (χ3n) is 5.95. The molecule has 2 aromatic rings. The summed E-state index contributed by atoms with van der Waals surface area (Å²) in [5.41, 5.74) is 2.32. The number of amides is 2. The minimum atomic E-state index is -0.352. The van der Waals surface area contributed by atoms with Crippen molar-refractivity contribution in [2.24, 2.45) is 0 Å². The lowest BCUT2D eigenvalue weighted by Gasteiger charge is -2.16. The second-order valence-electron chi connectivity index (χ2n) is 8.67. The summed E-state index contributed by atoms with van der Waals surface area (Å²) in [4.78, 5) is 40.3. The van der Waals surface area contributed by atoms with Gasteiger partial charge in [0.05, 0.1) is 17.4 Å². The number of ether oxygens (including phenoxy) is 1. The zero-order valence-corrected chi connectivity index (χ0v) is 22.5. The molecule has 1 unspecified atom stereocenters. The zero-order chi connectivity index (χ0) is 25.2. The molecule has 6 nitrogen and oxygen atoms in total. The monoisotopic (exact) mass is 516 g/mol. The average molecular weight is 517 g/mol. The molecule has 1 aromatic heterocycles. The van der Waals surface area contributed by atoms with Crippen LogP contribution in [-0.4, -0.2) is 29.6 Å². The number of thioether (sulfide) groups is 1. The fraction of sp³-hybridized carbons (Fsp3) is 0.519. The first-order valence-electron chi connectivity index (χ1n) is 12.7. The average Bonchev–Trinajstić information content (AvgIpc) is 3.01. The smallest absolute Gasteiger partial charge is 0.341 e. The van der Waals surface area contributed by atoms with Crippen LogP contribution in [0.5, 0.6) is 0 Å². The number of fused-ring (bicyclic) bond motifs is 1. The van der Waals surface area contributed by atoms with Gasteiger partial charge in [-0.2, -0.15) is 0 Å². The third-order valence-corrected chi connectivity index (χ3v) is 8.52. The number of nitrogens with one attached hydrogen (secondary N) is 2. The summed E-state index contributed by atoms with van der Waals surface area (Å²) in [6, 6.07) is 7.60. The molecule has 0 spiro atoms. The molecule has 2 N–H and O–H groups in total. The first-order valence-corrected chi connectivity index (χ1v) is 14.3. The maximum atomic E-state index is 13.3. The van der Waals surface area contributed by atoms with Gasteiger partial charge >= 0.3 is 5.97 Å². The third kappa shape index (κ3) is 7.58. The second kappa shape index (κ2) is 13.7. The van der Waals surface area contributed by atoms with Crippen LogP contribution in [-0.2, 0) is 27.2 Å². The quantitative estimate of drug-likeness (QED) is 0.194. The predicted octanol–water partition coefficient (Wildman–Crippen LogP) is 6.83. The van der Waals surface area contributed by atoms with E-state index in [0.29, 0.717) is 30.0 Å². The maximum Gasteiger partial charge on any atom is 0.341 e. The van der Waals surface area contributed by atoms with E-state index in [1.54, 1.807) is 6.92 Å². The van der Waals surface area contributed by atoms with Gasteiger partial charge in [-0.15, -0.1) is 23.1 Å². The van der Waals surface area contributed by atoms with Crippen molar-refractivity contribution in [2.75, 3.05) is 17.2 Å². The van der Waals surface area contributed by atoms with E-state index in [1.165, 1.54) is 28.0 Å². The van der Waals surface area contributed by atoms with Gasteiger partial charge in [0.2, 0.25) is 11.8 Å². The van der Waals surface area contributed by atoms with Crippen molar-refractivity contribution in [1.82, 2.24) is 0 Å². The van der Waals surface area contributed by atoms with Gasteiger partial charge in [-0.1, -0.05) is 32.8 Å². The first kappa shape index (κ1) is 27.3. The number of hydrogen-bond donors (Lipinski definition) is 2. The van der Waals surface area contributed by atoms with Crippen LogP contribution in [0, 0.1) is 0 Å². The zero-order valence-electron chi connectivity index (χ0n) is 20.9. The minimum absolute atomic E-state index is 0.00254. The number of aryl methyl sites for hydroxylation is 1. The van der Waals surface area contributed by atoms with Crippen molar-refractivity contribution >= 4 is 51.6 Å². The lowest BCUT2D eigenvalue weighted by molar-refractivity contribution is -0.116. The van der Waals surface area contributed by atoms with Crippen molar-refractivity contribution in [3.05, 3.63) is 40.3 Å². The molecule has 0 radical (unpaired) electrons. The Labute approximate surface area is 216 Å². The van der Waals surface area contributed by atoms with Crippen molar-refractivity contribution in [3.63, 3.8) is 0 Å². The molecule has 1 atom stereocenters. The van der Waals surface area contributed by atoms with Crippen LogP contribution in [0.4, 0.5) is 10.7 Å². The van der Waals surface area contributed by atoms with Crippen LogP contribution in [0.3, 0.4) is 0 Å². The van der Waals surface area contributed by atoms with Gasteiger partial charge in [-0.3, -0.25) is 9.59 Å². The van der Waals surface area contributed by atoms with E-state index in [-0.39, 0.29) is 23.0 Å². The Morgan fingerprint density at radius 2 is 1.89 bits per heavy atom. The molecule has 8 heteroatoms. The number of hydrogen-bond acceptors (Lipinski definition) is 6. The van der Waals surface area contributed by atoms with E-state index in [4.69, 9.17) is 4.74 Å². The molecule has 3 rings (SSSR count). The second-order valence-corrected chi connectivity index (χ2v) is 11.1. The van der Waals surface area contributed by atoms with Gasteiger partial charge in [0.15, 0.2) is 0 Å². The topological polar surface area (TPSA) is 84.5 Å². The van der Waals surface area contributed by atoms with Crippen LogP contribution >= 0.6 is 23.1 Å². The highest BCUT2D eigenvalue weighted by molar-refractivity contribution is 8.00. The van der Waals surface area contributed by atoms with E-state index in [1.807, 2.05) is 31.2 Å². The van der Waals surface area contributed by atoms with Crippen LogP contribution in [0.1, 0.15) is 86.5 Å². The normalized spacial score (nSPS) is 13.9. The molecule has 0 saturated heterocycles. The molecule has 1 aliphatic carbocycles. The van der Waals surface area contributed by atoms with Crippen LogP contribution in [0.25, 0.3) is 0 Å². The SMILES string of the molecule is CCCCC(=O)Nc1cccc(SC(CC)C(=O)Nc2sc3c(c2C(=O)OCC)CCCCC3)c1. The molecule has 0 saturated carbocycles. The Balaban J connectivity index is 1.74. The molecule has 0 bridgehead atoms. The standard InChI is InChI=1S/C27H36N2O4S2/c1-4-7-16-23(30)28-18-12-11-13-19(17-18)34-21(5-2)25(31)29-26-24(27(32)33-6-3)20-14-9-8-10-15-22(20)35-26/h11-13,17,21H,4-10,14-16H2,1-3H3,(H,28,30)(H,29,31). The van der Waals surface area contributed by atoms with Crippen molar-refractivity contribution < 1.29 is 19.1 Å². The molecular formula is C27H36N2O4S2. The number of benzene rings is 1. The Hall–Kier alpha value is -2.32. The van der Waals surface area contributed by atoms with Gasteiger partial charge < -0.3 is 15.4 Å². The van der Waals surface area contributed by atoms with Gasteiger partial charge in [-0.25, -0.2) is 4.79 Å². The molecule has 0 fully saturated rings. The number of unbranched alkanes of at least 4 members (excludes halogenated alkanes) is 1. The van der Waals surface area contributed by atoms with E-state index >= 15 is 0 Å². The van der Waals surface area contributed by atoms with Crippen LogP contribution in [0.15, 0.2) is 29.2 Å². The van der Waals surface area contributed by atoms with Gasteiger partial charge in [0, 0.05) is 21.9 Å². The summed E-state index contributed by atoms with van der Waals surface area (Å²) in [5, 5.41) is 6.27. The highest BCUT2D eigenvalue weighted by atomic mass is 32.2. The molecule has 190 valence electrons. The Morgan fingerprint density at radius 1 is 1.09 bits per heavy atom. The molecular weight excluding hydrogens is 480 g/mol. The molecule has 2 amide bonds. The largest absolute Gasteiger partial charge is 0.462 e. The number of esters is 1. The summed E-state index contributed by atoms with van der Waals surface area (Å²) >= 11 is 2.98. The number of carbonyl (C=O) groups is 3. The molecule has 0 aliphatic heterocycles. The van der Waals surface area contributed by atoms with Gasteiger partial charge in [0.1, 0.15) is 5.00 Å². The summed E-state index contributed by atoms with van der Waals surface area (Å²) in [7, 11) is 0. The van der Waals surface area contributed by atoms with Crippen LogP contribution < -0.4 is 10.6 Å². The van der Waals surface area contributed by atoms with E-state index in [0.717, 1.165) is 61.1 Å². The van der Waals surface area contributed by atoms with Crippen molar-refractivity contribution in [1.29, 1.82) is 0 Å². The van der Waals surface area contributed by atoms with E-state index < -0.39 is 0 Å². The lowest BCUT2D eigenvalue weighted by atomic mass is 10.1. The van der Waals surface area contributed by atoms with Crippen molar-refractivity contribution in [2.45, 2.75) is 88.7 Å². The van der Waals surface area contributed by atoms with Gasteiger partial charge in [-0.05, 0) is 69.2 Å². The fourth-order valence-electron chi connectivity index (χ4n) is 4.14. The summed E-state index contributed by atoms with van der Waals surface area (Å²) < 4.78 is 5.34. The molecule has 1 aromatic carbocycles. The predicted molar refractivity (Wildman–Crippen MR) is 145 cm³/mol. The Morgan fingerprint density at radius 3 is 2.63 bits per heavy atom. The lowest BCUT2D eigenvalue weighted by Crippen LogP contribution is -2.25. The Bertz CT molecular complexity index is 1030. The number of anilines is 2. The molecule has 1 heterocycles. The number of carbonyl (C=O) groups excluding carboxylic acids is 3. The first-order chi connectivity index (χ1) is 17.0. The Kier molecular flexibility index (Phi) is 10.7. The fourth-order valence-corrected chi connectivity index (χ4v) is 6.43. The number of rotatable bonds is 11. The van der Waals surface area contributed by atoms with Crippen LogP contribution in [0.2, 0.25) is 0 Å². The summed E-state index contributed by atoms with van der Waals surface area (Å²) in [5.74, 6) is -0.478. The van der Waals surface area contributed by atoms with Crippen molar-refractivity contribution in [3.8, 4) is 0 Å². The summed E-state index contributed by atoms with van der Waals surface area (Å²) in [6.07, 6.45) is 8.04. The minimum Gasteiger partial charge on any atom is -0.462 e.